The van der Waals surface area contributed by atoms with Gasteiger partial charge in [0.05, 0.1) is 11.5 Å². The molecule has 4 heteroatoms. The molecule has 0 amide bonds. The maximum atomic E-state index is 12.8. The number of hydrogen-bond acceptors (Lipinski definition) is 3. The van der Waals surface area contributed by atoms with Crippen molar-refractivity contribution >= 4 is 11.8 Å². The minimum Gasteiger partial charge on any atom is -0.481 e. The number of carbonyl (C=O) groups is 2. The van der Waals surface area contributed by atoms with Crippen molar-refractivity contribution in [3.63, 3.8) is 0 Å². The molecule has 0 aromatic heterocycles. The van der Waals surface area contributed by atoms with Gasteiger partial charge in [0.2, 0.25) is 0 Å². The molecule has 0 saturated heterocycles. The van der Waals surface area contributed by atoms with Gasteiger partial charge in [0.25, 0.3) is 0 Å². The van der Waals surface area contributed by atoms with Crippen molar-refractivity contribution in [2.45, 2.75) is 98.5 Å². The summed E-state index contributed by atoms with van der Waals surface area (Å²) in [7, 11) is 0. The molecule has 4 nitrogen and oxygen atoms in total. The Kier molecular flexibility index (Phi) is 4.16. The van der Waals surface area contributed by atoms with Crippen molar-refractivity contribution in [1.82, 2.24) is 0 Å². The van der Waals surface area contributed by atoms with E-state index in [-0.39, 0.29) is 38.9 Å². The average molecular weight is 455 g/mol. The average Bonchev–Trinajstić information content (AvgIpc) is 3.45. The van der Waals surface area contributed by atoms with Crippen molar-refractivity contribution in [2.75, 3.05) is 0 Å². The zero-order chi connectivity index (χ0) is 23.8. The van der Waals surface area contributed by atoms with Crippen LogP contribution >= 0.6 is 0 Å². The summed E-state index contributed by atoms with van der Waals surface area (Å²) in [5.74, 6) is 0.582. The molecule has 0 unspecified atom stereocenters. The lowest BCUT2D eigenvalue weighted by Gasteiger charge is -2.66. The summed E-state index contributed by atoms with van der Waals surface area (Å²) in [4.78, 5) is 25.4. The van der Waals surface area contributed by atoms with Gasteiger partial charge in [0.15, 0.2) is 0 Å². The van der Waals surface area contributed by atoms with E-state index in [1.165, 1.54) is 0 Å². The summed E-state index contributed by atoms with van der Waals surface area (Å²) in [6.07, 6.45) is 12.3. The van der Waals surface area contributed by atoms with Crippen molar-refractivity contribution in [1.29, 1.82) is 0 Å². The third kappa shape index (κ3) is 2.25. The summed E-state index contributed by atoms with van der Waals surface area (Å²) in [5, 5.41) is 22.2. The fraction of sp³-hybridized carbons (Fsp3) is 0.862. The zero-order valence-electron chi connectivity index (χ0n) is 21.1. The summed E-state index contributed by atoms with van der Waals surface area (Å²) in [6, 6.07) is 0. The van der Waals surface area contributed by atoms with Crippen LogP contribution in [0.1, 0.15) is 92.4 Å². The molecule has 0 heterocycles. The molecule has 0 aliphatic heterocycles. The zero-order valence-corrected chi connectivity index (χ0v) is 21.1. The number of aliphatic carboxylic acids is 1. The van der Waals surface area contributed by atoms with Crippen molar-refractivity contribution < 1.29 is 19.8 Å². The first-order valence-corrected chi connectivity index (χ1v) is 13.5. The Labute approximate surface area is 198 Å². The Balaban J connectivity index is 1.48. The van der Waals surface area contributed by atoms with Crippen LogP contribution in [0.4, 0.5) is 0 Å². The Morgan fingerprint density at radius 2 is 1.73 bits per heavy atom. The van der Waals surface area contributed by atoms with E-state index in [0.717, 1.165) is 38.5 Å². The first-order chi connectivity index (χ1) is 15.3. The second-order valence-corrected chi connectivity index (χ2v) is 14.3. The lowest BCUT2D eigenvalue weighted by Crippen LogP contribution is -2.64. The van der Waals surface area contributed by atoms with E-state index in [0.29, 0.717) is 36.9 Å². The van der Waals surface area contributed by atoms with E-state index in [4.69, 9.17) is 0 Å². The number of carboxylic acid groups (broad SMARTS) is 1. The SMILES string of the molecule is C[C@@H]1C(=O)CC[C@]2(C)[C@H]3C=C[C@@]45C[C@]4(CC[C@@]4(C(=O)O)CCC(C)(C)[C@@H](O)[C@H]45)[C@]3(C)CC[C@@H]12. The second-order valence-electron chi connectivity index (χ2n) is 14.3. The smallest absolute Gasteiger partial charge is 0.310 e. The van der Waals surface area contributed by atoms with Crippen molar-refractivity contribution in [3.05, 3.63) is 12.2 Å². The van der Waals surface area contributed by atoms with E-state index in [9.17, 15) is 19.8 Å². The van der Waals surface area contributed by atoms with E-state index in [1.54, 1.807) is 0 Å². The van der Waals surface area contributed by atoms with Gasteiger partial charge in [-0.25, -0.2) is 0 Å². The van der Waals surface area contributed by atoms with Crippen LogP contribution in [-0.2, 0) is 9.59 Å². The van der Waals surface area contributed by atoms with E-state index in [2.05, 4.69) is 46.8 Å². The quantitative estimate of drug-likeness (QED) is 0.503. The number of fused-ring (bicyclic) bond motifs is 4. The fourth-order valence-corrected chi connectivity index (χ4v) is 11.1. The number of aliphatic hydroxyl groups is 1. The highest BCUT2D eigenvalue weighted by molar-refractivity contribution is 5.82. The highest BCUT2D eigenvalue weighted by atomic mass is 16.4. The third-order valence-electron chi connectivity index (χ3n) is 13.2. The van der Waals surface area contributed by atoms with Crippen LogP contribution in [0.2, 0.25) is 0 Å². The molecule has 10 atom stereocenters. The highest BCUT2D eigenvalue weighted by Gasteiger charge is 2.85. The molecule has 0 aromatic carbocycles. The lowest BCUT2D eigenvalue weighted by molar-refractivity contribution is -0.202. The number of hydrogen-bond donors (Lipinski definition) is 2. The summed E-state index contributed by atoms with van der Waals surface area (Å²) < 4.78 is 0. The van der Waals surface area contributed by atoms with Gasteiger partial charge in [0.1, 0.15) is 5.78 Å². The van der Waals surface area contributed by atoms with E-state index in [1.807, 2.05) is 0 Å². The second kappa shape index (κ2) is 6.15. The Morgan fingerprint density at radius 1 is 1.03 bits per heavy atom. The maximum Gasteiger partial charge on any atom is 0.310 e. The predicted octanol–water partition coefficient (Wildman–Crippen LogP) is 5.63. The molecule has 5 saturated carbocycles. The summed E-state index contributed by atoms with van der Waals surface area (Å²) >= 11 is 0. The highest BCUT2D eigenvalue weighted by Crippen LogP contribution is 2.89. The van der Waals surface area contributed by atoms with Gasteiger partial charge in [0, 0.05) is 23.7 Å². The maximum absolute atomic E-state index is 12.8. The van der Waals surface area contributed by atoms with Crippen LogP contribution < -0.4 is 0 Å². The lowest BCUT2D eigenvalue weighted by atomic mass is 9.37. The summed E-state index contributed by atoms with van der Waals surface area (Å²) in [5.41, 5.74) is -0.902. The largest absolute Gasteiger partial charge is 0.481 e. The molecule has 5 fully saturated rings. The van der Waals surface area contributed by atoms with Crippen LogP contribution in [0.5, 0.6) is 0 Å². The van der Waals surface area contributed by atoms with Gasteiger partial charge in [-0.15, -0.1) is 0 Å². The molecule has 2 N–H and O–H groups in total. The molecule has 0 bridgehead atoms. The molecule has 0 spiro atoms. The van der Waals surface area contributed by atoms with Gasteiger partial charge >= 0.3 is 5.97 Å². The standard InChI is InChI=1S/C29H42O4/c1-17-18-6-10-26(5)20(25(18,4)9-7-19(17)30)8-11-28-16-29(26,28)15-14-27(23(32)33)13-12-24(2,3)22(31)21(27)28/h8,11,17-18,20-22,31H,6-7,9-10,12-16H2,1-5H3,(H,32,33)/t17-,18-,20+,21+,22-,25-,26+,27-,28-,29+/m0/s1. The monoisotopic (exact) mass is 454 g/mol. The molecular weight excluding hydrogens is 412 g/mol. The van der Waals surface area contributed by atoms with Crippen LogP contribution in [0.3, 0.4) is 0 Å². The van der Waals surface area contributed by atoms with Gasteiger partial charge in [-0.1, -0.05) is 46.8 Å². The van der Waals surface area contributed by atoms with Gasteiger partial charge in [-0.05, 0) is 84.9 Å². The van der Waals surface area contributed by atoms with Crippen LogP contribution in [0.25, 0.3) is 0 Å². The predicted molar refractivity (Wildman–Crippen MR) is 126 cm³/mol. The fourth-order valence-electron chi connectivity index (χ4n) is 11.1. The third-order valence-corrected chi connectivity index (χ3v) is 13.2. The van der Waals surface area contributed by atoms with Gasteiger partial charge < -0.3 is 10.2 Å². The molecule has 33 heavy (non-hydrogen) atoms. The number of Topliss-reactive ketones (excluding diaryl/α,β-unsaturated/α-hetero) is 1. The van der Waals surface area contributed by atoms with Crippen LogP contribution in [-0.4, -0.2) is 28.1 Å². The minimum absolute atomic E-state index is 0.0934. The first-order valence-electron chi connectivity index (χ1n) is 13.5. The Hall–Kier alpha value is -1.16. The van der Waals surface area contributed by atoms with Gasteiger partial charge in [-0.2, -0.15) is 0 Å². The Morgan fingerprint density at radius 3 is 2.42 bits per heavy atom. The van der Waals surface area contributed by atoms with Crippen molar-refractivity contribution in [2.24, 2.45) is 56.2 Å². The van der Waals surface area contributed by atoms with E-state index < -0.39 is 17.5 Å². The molecule has 0 aromatic rings. The molecule has 6 aliphatic carbocycles. The number of allylic oxidation sites excluding steroid dienone is 2. The number of aliphatic hydroxyl groups excluding tert-OH is 1. The molecule has 6 aliphatic rings. The first kappa shape index (κ1) is 22.3. The minimum atomic E-state index is -0.796. The molecular formula is C29H42O4. The van der Waals surface area contributed by atoms with Crippen molar-refractivity contribution in [3.8, 4) is 0 Å². The van der Waals surface area contributed by atoms with Crippen LogP contribution in [0, 0.1) is 56.2 Å². The number of carbonyl (C=O) groups excluding carboxylic acids is 1. The van der Waals surface area contributed by atoms with Crippen LogP contribution in [0.15, 0.2) is 12.2 Å². The van der Waals surface area contributed by atoms with Gasteiger partial charge in [-0.3, -0.25) is 9.59 Å². The molecule has 6 rings (SSSR count). The number of carboxylic acids is 1. The Bertz CT molecular complexity index is 967. The van der Waals surface area contributed by atoms with E-state index >= 15 is 0 Å². The molecule has 0 radical (unpaired) electrons. The molecule has 182 valence electrons. The topological polar surface area (TPSA) is 74.6 Å². The summed E-state index contributed by atoms with van der Waals surface area (Å²) in [6.45, 7) is 11.4. The number of rotatable bonds is 1. The normalized spacial score (nSPS) is 58.2. The number of ketones is 1.